The molecule has 0 spiro atoms. The van der Waals surface area contributed by atoms with E-state index in [1.54, 1.807) is 6.92 Å². The zero-order valence-corrected chi connectivity index (χ0v) is 6.93. The molecule has 1 N–H and O–H groups in total. The lowest BCUT2D eigenvalue weighted by atomic mass is 10.00. The van der Waals surface area contributed by atoms with E-state index in [0.29, 0.717) is 0 Å². The van der Waals surface area contributed by atoms with Crippen LogP contribution in [0.1, 0.15) is 32.6 Å². The molecule has 1 rings (SSSR count). The molecule has 60 valence electrons. The molecular weight excluding hydrogens is 136 g/mol. The van der Waals surface area contributed by atoms with Crippen LogP contribution in [0.2, 0.25) is 0 Å². The number of allylic oxidation sites excluding steroid dienone is 2. The predicted octanol–water partition coefficient (Wildman–Crippen LogP) is 1.87. The van der Waals surface area contributed by atoms with Gasteiger partial charge in [0, 0.05) is 0 Å². The fourth-order valence-corrected chi connectivity index (χ4v) is 1.15. The third kappa shape index (κ3) is 3.25. The number of aliphatic hydroxyl groups is 1. The molecule has 0 aliphatic heterocycles. The lowest BCUT2D eigenvalue weighted by Gasteiger charge is -2.05. The van der Waals surface area contributed by atoms with Crippen molar-refractivity contribution in [3.05, 3.63) is 11.6 Å². The van der Waals surface area contributed by atoms with Gasteiger partial charge in [0.25, 0.3) is 0 Å². The van der Waals surface area contributed by atoms with Gasteiger partial charge in [-0.2, -0.15) is 0 Å². The van der Waals surface area contributed by atoms with Gasteiger partial charge in [0.15, 0.2) is 0 Å². The van der Waals surface area contributed by atoms with Crippen LogP contribution >= 0.6 is 0 Å². The molecule has 1 aliphatic carbocycles. The Hall–Kier alpha value is -0.740. The second-order valence-corrected chi connectivity index (χ2v) is 2.92. The van der Waals surface area contributed by atoms with Gasteiger partial charge >= 0.3 is 0 Å². The summed E-state index contributed by atoms with van der Waals surface area (Å²) in [6, 6.07) is 0. The highest BCUT2D eigenvalue weighted by Crippen LogP contribution is 2.15. The summed E-state index contributed by atoms with van der Waals surface area (Å²) in [5, 5.41) is 8.88. The van der Waals surface area contributed by atoms with Crippen molar-refractivity contribution in [2.75, 3.05) is 0 Å². The molecule has 0 unspecified atom stereocenters. The van der Waals surface area contributed by atoms with E-state index in [9.17, 15) is 0 Å². The number of hydrogen-bond donors (Lipinski definition) is 1. The van der Waals surface area contributed by atoms with E-state index in [0.717, 1.165) is 12.8 Å². The largest absolute Gasteiger partial charge is 0.381 e. The molecule has 1 atom stereocenters. The third-order valence-corrected chi connectivity index (χ3v) is 1.73. The van der Waals surface area contributed by atoms with E-state index in [-0.39, 0.29) is 0 Å². The third-order valence-electron chi connectivity index (χ3n) is 1.73. The minimum atomic E-state index is -0.488. The van der Waals surface area contributed by atoms with Crippen molar-refractivity contribution in [1.29, 1.82) is 0 Å². The second-order valence-electron chi connectivity index (χ2n) is 2.92. The van der Waals surface area contributed by atoms with Crippen molar-refractivity contribution < 1.29 is 5.11 Å². The Kier molecular flexibility index (Phi) is 3.19. The molecule has 0 aromatic rings. The van der Waals surface area contributed by atoms with Crippen molar-refractivity contribution >= 4 is 0 Å². The highest BCUT2D eigenvalue weighted by Gasteiger charge is 1.99. The van der Waals surface area contributed by atoms with Gasteiger partial charge in [-0.05, 0) is 38.2 Å². The van der Waals surface area contributed by atoms with Gasteiger partial charge in [0.05, 0.1) is 0 Å². The Morgan fingerprint density at radius 1 is 1.55 bits per heavy atom. The Bertz CT molecular complexity index is 203. The summed E-state index contributed by atoms with van der Waals surface area (Å²) in [6.07, 6.45) is 6.49. The molecule has 1 nitrogen and oxygen atoms in total. The second kappa shape index (κ2) is 4.20. The Balaban J connectivity index is 2.49. The van der Waals surface area contributed by atoms with Crippen LogP contribution < -0.4 is 0 Å². The number of aliphatic hydroxyl groups excluding tert-OH is 1. The molecule has 1 aliphatic rings. The van der Waals surface area contributed by atoms with Gasteiger partial charge in [-0.25, -0.2) is 0 Å². The van der Waals surface area contributed by atoms with Crippen LogP contribution in [0, 0.1) is 11.8 Å². The van der Waals surface area contributed by atoms with Gasteiger partial charge in [-0.15, -0.1) is 0 Å². The molecule has 1 heteroatoms. The fourth-order valence-electron chi connectivity index (χ4n) is 1.15. The van der Waals surface area contributed by atoms with E-state index in [1.807, 2.05) is 0 Å². The summed E-state index contributed by atoms with van der Waals surface area (Å²) in [4.78, 5) is 0. The summed E-state index contributed by atoms with van der Waals surface area (Å²) in [7, 11) is 0. The number of hydrogen-bond acceptors (Lipinski definition) is 1. The highest BCUT2D eigenvalue weighted by molar-refractivity contribution is 5.30. The average molecular weight is 150 g/mol. The molecule has 0 saturated heterocycles. The maximum atomic E-state index is 8.88. The molecule has 0 fully saturated rings. The lowest BCUT2D eigenvalue weighted by molar-refractivity contribution is 0.253. The minimum Gasteiger partial charge on any atom is -0.381 e. The quantitative estimate of drug-likeness (QED) is 0.523. The summed E-state index contributed by atoms with van der Waals surface area (Å²) < 4.78 is 0. The van der Waals surface area contributed by atoms with Gasteiger partial charge in [0.1, 0.15) is 6.10 Å². The molecular formula is C10H14O. The summed E-state index contributed by atoms with van der Waals surface area (Å²) in [6.45, 7) is 1.69. The maximum Gasteiger partial charge on any atom is 0.112 e. The Labute approximate surface area is 68.1 Å². The van der Waals surface area contributed by atoms with E-state index >= 15 is 0 Å². The molecule has 0 bridgehead atoms. The summed E-state index contributed by atoms with van der Waals surface area (Å²) >= 11 is 0. The van der Waals surface area contributed by atoms with Crippen molar-refractivity contribution in [3.8, 4) is 11.8 Å². The SMILES string of the molecule is C[C@@H](O)C#CC1=CCCCC1. The van der Waals surface area contributed by atoms with Crippen molar-refractivity contribution in [3.63, 3.8) is 0 Å². The topological polar surface area (TPSA) is 20.2 Å². The first-order valence-electron chi connectivity index (χ1n) is 4.17. The van der Waals surface area contributed by atoms with Crippen LogP contribution in [0.25, 0.3) is 0 Å². The van der Waals surface area contributed by atoms with Crippen LogP contribution in [-0.2, 0) is 0 Å². The van der Waals surface area contributed by atoms with E-state index in [1.165, 1.54) is 18.4 Å². The minimum absolute atomic E-state index is 0.488. The van der Waals surface area contributed by atoms with Crippen LogP contribution in [0.15, 0.2) is 11.6 Å². The summed E-state index contributed by atoms with van der Waals surface area (Å²) in [5.74, 6) is 5.73. The van der Waals surface area contributed by atoms with Crippen molar-refractivity contribution in [2.45, 2.75) is 38.7 Å². The molecule has 0 radical (unpaired) electrons. The van der Waals surface area contributed by atoms with E-state index in [2.05, 4.69) is 17.9 Å². The van der Waals surface area contributed by atoms with Gasteiger partial charge in [-0.3, -0.25) is 0 Å². The Morgan fingerprint density at radius 2 is 2.36 bits per heavy atom. The van der Waals surface area contributed by atoms with Crippen LogP contribution in [0.4, 0.5) is 0 Å². The molecule has 0 heterocycles. The average Bonchev–Trinajstić information content (AvgIpc) is 2.03. The van der Waals surface area contributed by atoms with Crippen LogP contribution in [0.3, 0.4) is 0 Å². The Morgan fingerprint density at radius 3 is 2.91 bits per heavy atom. The van der Waals surface area contributed by atoms with E-state index in [4.69, 9.17) is 5.11 Å². The molecule has 0 saturated carbocycles. The standard InChI is InChI=1S/C10H14O/c1-9(11)7-8-10-5-3-2-4-6-10/h5,9,11H,2-4,6H2,1H3/t9-/m1/s1. The molecule has 11 heavy (non-hydrogen) atoms. The first-order valence-corrected chi connectivity index (χ1v) is 4.17. The smallest absolute Gasteiger partial charge is 0.112 e. The summed E-state index contributed by atoms with van der Waals surface area (Å²) in [5.41, 5.74) is 1.21. The van der Waals surface area contributed by atoms with Crippen LogP contribution in [0.5, 0.6) is 0 Å². The van der Waals surface area contributed by atoms with Crippen molar-refractivity contribution in [1.82, 2.24) is 0 Å². The lowest BCUT2D eigenvalue weighted by Crippen LogP contribution is -1.94. The molecule has 0 amide bonds. The molecule has 0 aromatic heterocycles. The van der Waals surface area contributed by atoms with Gasteiger partial charge < -0.3 is 5.11 Å². The maximum absolute atomic E-state index is 8.88. The first-order chi connectivity index (χ1) is 5.29. The predicted molar refractivity (Wildman–Crippen MR) is 46.0 cm³/mol. The van der Waals surface area contributed by atoms with Gasteiger partial charge in [-0.1, -0.05) is 17.9 Å². The molecule has 0 aromatic carbocycles. The fraction of sp³-hybridized carbons (Fsp3) is 0.600. The zero-order chi connectivity index (χ0) is 8.10. The van der Waals surface area contributed by atoms with E-state index < -0.39 is 6.10 Å². The monoisotopic (exact) mass is 150 g/mol. The first kappa shape index (κ1) is 8.36. The normalized spacial score (nSPS) is 19.6. The van der Waals surface area contributed by atoms with Gasteiger partial charge in [0.2, 0.25) is 0 Å². The van der Waals surface area contributed by atoms with Crippen molar-refractivity contribution in [2.24, 2.45) is 0 Å². The zero-order valence-electron chi connectivity index (χ0n) is 6.93. The highest BCUT2D eigenvalue weighted by atomic mass is 16.3. The number of rotatable bonds is 0. The van der Waals surface area contributed by atoms with Crippen LogP contribution in [-0.4, -0.2) is 11.2 Å².